The number of hydrogen-bond acceptors (Lipinski definition) is 3. The maximum atomic E-state index is 12.3. The summed E-state index contributed by atoms with van der Waals surface area (Å²) >= 11 is 0. The molecule has 0 saturated heterocycles. The molecule has 0 radical (unpaired) electrons. The van der Waals surface area contributed by atoms with E-state index >= 15 is 0 Å². The van der Waals surface area contributed by atoms with E-state index in [2.05, 4.69) is 20.8 Å². The van der Waals surface area contributed by atoms with Gasteiger partial charge in [0.2, 0.25) is 0 Å². The lowest BCUT2D eigenvalue weighted by Gasteiger charge is -2.21. The molecule has 0 spiro atoms. The molecule has 0 bridgehead atoms. The van der Waals surface area contributed by atoms with Crippen LogP contribution in [0.3, 0.4) is 0 Å². The first-order valence-corrected chi connectivity index (χ1v) is 8.71. The average molecular weight is 349 g/mol. The van der Waals surface area contributed by atoms with Crippen LogP contribution in [-0.2, 0) is 0 Å². The van der Waals surface area contributed by atoms with E-state index in [9.17, 15) is 4.79 Å². The maximum Gasteiger partial charge on any atom is 0.315 e. The number of carbonyl (C=O) groups is 1. The van der Waals surface area contributed by atoms with Gasteiger partial charge in [-0.2, -0.15) is 0 Å². The van der Waals surface area contributed by atoms with Gasteiger partial charge in [0.1, 0.15) is 0 Å². The summed E-state index contributed by atoms with van der Waals surface area (Å²) < 4.78 is 1.90. The second-order valence-corrected chi connectivity index (χ2v) is 6.38. The fraction of sp³-hybridized carbons (Fsp3) is 0.250. The smallest absolute Gasteiger partial charge is 0.315 e. The Morgan fingerprint density at radius 3 is 2.65 bits per heavy atom. The van der Waals surface area contributed by atoms with Crippen molar-refractivity contribution in [1.29, 1.82) is 0 Å². The van der Waals surface area contributed by atoms with Crippen LogP contribution in [0, 0.1) is 5.92 Å². The van der Waals surface area contributed by atoms with Crippen molar-refractivity contribution >= 4 is 17.8 Å². The van der Waals surface area contributed by atoms with E-state index in [1.54, 1.807) is 0 Å². The van der Waals surface area contributed by atoms with Gasteiger partial charge in [0.25, 0.3) is 0 Å². The first-order valence-electron chi connectivity index (χ1n) is 8.71. The lowest BCUT2D eigenvalue weighted by atomic mass is 10.0. The quantitative estimate of drug-likeness (QED) is 0.716. The Hall–Kier alpha value is -3.15. The van der Waals surface area contributed by atoms with Crippen LogP contribution in [0.15, 0.2) is 60.8 Å². The minimum absolute atomic E-state index is 0.174. The van der Waals surface area contributed by atoms with E-state index in [0.29, 0.717) is 6.54 Å². The van der Waals surface area contributed by atoms with Crippen LogP contribution in [0.4, 0.5) is 4.79 Å². The zero-order valence-corrected chi connectivity index (χ0v) is 15.0. The molecule has 0 aliphatic rings. The summed E-state index contributed by atoms with van der Waals surface area (Å²) in [6.45, 7) is 4.54. The molecule has 6 nitrogen and oxygen atoms in total. The minimum Gasteiger partial charge on any atom is -0.335 e. The lowest BCUT2D eigenvalue weighted by Crippen LogP contribution is -2.40. The van der Waals surface area contributed by atoms with Crippen molar-refractivity contribution in [2.75, 3.05) is 6.54 Å². The molecule has 1 atom stereocenters. The van der Waals surface area contributed by atoms with Crippen molar-refractivity contribution in [2.45, 2.75) is 19.9 Å². The normalized spacial score (nSPS) is 12.6. The summed E-state index contributed by atoms with van der Waals surface area (Å²) in [5.41, 5.74) is 1.87. The van der Waals surface area contributed by atoms with E-state index < -0.39 is 0 Å². The van der Waals surface area contributed by atoms with Crippen LogP contribution in [0.25, 0.3) is 11.7 Å². The van der Waals surface area contributed by atoms with Gasteiger partial charge in [-0.05, 0) is 23.6 Å². The summed E-state index contributed by atoms with van der Waals surface area (Å²) in [6.07, 6.45) is 5.81. The first-order chi connectivity index (χ1) is 12.6. The molecule has 2 N–H and O–H groups in total. The molecule has 26 heavy (non-hydrogen) atoms. The van der Waals surface area contributed by atoms with E-state index in [1.807, 2.05) is 85.1 Å². The van der Waals surface area contributed by atoms with Crippen molar-refractivity contribution < 1.29 is 4.79 Å². The van der Waals surface area contributed by atoms with Gasteiger partial charge in [-0.15, -0.1) is 10.2 Å². The Balaban J connectivity index is 1.61. The fourth-order valence-corrected chi connectivity index (χ4v) is 2.70. The number of urea groups is 1. The number of rotatable bonds is 6. The number of fused-ring (bicyclic) bond motifs is 1. The number of benzene rings is 1. The molecule has 2 amide bonds. The molecule has 2 heterocycles. The fourth-order valence-electron chi connectivity index (χ4n) is 2.70. The third kappa shape index (κ3) is 4.27. The molecule has 0 saturated carbocycles. The number of amides is 2. The molecule has 6 heteroatoms. The number of nitrogens with one attached hydrogen (secondary N) is 2. The van der Waals surface area contributed by atoms with Crippen LogP contribution in [0.1, 0.15) is 31.3 Å². The summed E-state index contributed by atoms with van der Waals surface area (Å²) in [6, 6.07) is 15.2. The second-order valence-electron chi connectivity index (χ2n) is 6.38. The zero-order valence-electron chi connectivity index (χ0n) is 15.0. The van der Waals surface area contributed by atoms with Crippen LogP contribution >= 0.6 is 0 Å². The molecule has 1 aromatic carbocycles. The average Bonchev–Trinajstić information content (AvgIpc) is 3.08. The Labute approximate surface area is 153 Å². The molecular formula is C20H23N5O. The molecular weight excluding hydrogens is 326 g/mol. The van der Waals surface area contributed by atoms with Gasteiger partial charge in [0.05, 0.1) is 6.04 Å². The highest BCUT2D eigenvalue weighted by atomic mass is 16.2. The van der Waals surface area contributed by atoms with Gasteiger partial charge in [0.15, 0.2) is 11.5 Å². The first kappa shape index (κ1) is 17.7. The highest BCUT2D eigenvalue weighted by molar-refractivity contribution is 5.74. The van der Waals surface area contributed by atoms with Crippen molar-refractivity contribution in [2.24, 2.45) is 5.92 Å². The van der Waals surface area contributed by atoms with E-state index in [0.717, 1.165) is 17.0 Å². The van der Waals surface area contributed by atoms with E-state index in [1.165, 1.54) is 0 Å². The predicted molar refractivity (Wildman–Crippen MR) is 103 cm³/mol. The predicted octanol–water partition coefficient (Wildman–Crippen LogP) is 3.44. The van der Waals surface area contributed by atoms with E-state index in [4.69, 9.17) is 0 Å². The Morgan fingerprint density at radius 1 is 1.12 bits per heavy atom. The molecule has 3 aromatic rings. The summed E-state index contributed by atoms with van der Waals surface area (Å²) in [4.78, 5) is 12.3. The van der Waals surface area contributed by atoms with Crippen LogP contribution in [0.2, 0.25) is 0 Å². The van der Waals surface area contributed by atoms with Gasteiger partial charge in [-0.25, -0.2) is 4.79 Å². The standard InChI is InChI=1S/C20H23N5O/c1-15(2)18(19-24-23-17-12-6-7-14-25(17)19)22-20(26)21-13-8-11-16-9-4-3-5-10-16/h3-12,14-15,18H,13H2,1-2H3,(H2,21,22,26)/b11-8+. The molecule has 0 aliphatic carbocycles. The van der Waals surface area contributed by atoms with Gasteiger partial charge in [0, 0.05) is 12.7 Å². The molecule has 0 fully saturated rings. The number of nitrogens with zero attached hydrogens (tertiary/aromatic N) is 3. The van der Waals surface area contributed by atoms with Gasteiger partial charge >= 0.3 is 6.03 Å². The Kier molecular flexibility index (Phi) is 5.63. The molecule has 0 aliphatic heterocycles. The lowest BCUT2D eigenvalue weighted by molar-refractivity contribution is 0.233. The second kappa shape index (κ2) is 8.29. The minimum atomic E-state index is -0.231. The van der Waals surface area contributed by atoms with E-state index in [-0.39, 0.29) is 18.0 Å². The Bertz CT molecular complexity index is 885. The molecule has 1 unspecified atom stereocenters. The van der Waals surface area contributed by atoms with Crippen molar-refractivity contribution in [3.63, 3.8) is 0 Å². The third-order valence-electron chi connectivity index (χ3n) is 4.06. The van der Waals surface area contributed by atoms with Gasteiger partial charge in [-0.1, -0.05) is 62.4 Å². The monoisotopic (exact) mass is 349 g/mol. The maximum absolute atomic E-state index is 12.3. The SMILES string of the molecule is CC(C)C(NC(=O)NC/C=C/c1ccccc1)c1nnc2ccccn12. The highest BCUT2D eigenvalue weighted by Crippen LogP contribution is 2.20. The Morgan fingerprint density at radius 2 is 1.88 bits per heavy atom. The molecule has 134 valence electrons. The largest absolute Gasteiger partial charge is 0.335 e. The summed E-state index contributed by atoms with van der Waals surface area (Å²) in [7, 11) is 0. The number of hydrogen-bond donors (Lipinski definition) is 2. The molecule has 3 rings (SSSR count). The van der Waals surface area contributed by atoms with Crippen molar-refractivity contribution in [3.05, 3.63) is 72.2 Å². The van der Waals surface area contributed by atoms with Crippen molar-refractivity contribution in [1.82, 2.24) is 25.2 Å². The number of pyridine rings is 1. The van der Waals surface area contributed by atoms with Gasteiger partial charge < -0.3 is 10.6 Å². The summed E-state index contributed by atoms with van der Waals surface area (Å²) in [5.74, 6) is 0.902. The third-order valence-corrected chi connectivity index (χ3v) is 4.06. The molecule has 2 aromatic heterocycles. The number of aromatic nitrogens is 3. The van der Waals surface area contributed by atoms with Crippen LogP contribution in [-0.4, -0.2) is 27.2 Å². The van der Waals surface area contributed by atoms with Crippen LogP contribution < -0.4 is 10.6 Å². The zero-order chi connectivity index (χ0) is 18.4. The van der Waals surface area contributed by atoms with Gasteiger partial charge in [-0.3, -0.25) is 4.40 Å². The summed E-state index contributed by atoms with van der Waals surface area (Å²) in [5, 5.41) is 14.3. The topological polar surface area (TPSA) is 71.3 Å². The van der Waals surface area contributed by atoms with Crippen molar-refractivity contribution in [3.8, 4) is 0 Å². The highest BCUT2D eigenvalue weighted by Gasteiger charge is 2.23. The van der Waals surface area contributed by atoms with Crippen LogP contribution in [0.5, 0.6) is 0 Å². The number of carbonyl (C=O) groups excluding carboxylic acids is 1.